The van der Waals surface area contributed by atoms with Gasteiger partial charge in [-0.15, -0.1) is 0 Å². The molecule has 92 valence electrons. The third kappa shape index (κ3) is 3.21. The van der Waals surface area contributed by atoms with Crippen molar-refractivity contribution >= 4 is 5.91 Å². The van der Waals surface area contributed by atoms with Crippen LogP contribution < -0.4 is 10.6 Å². The molecular weight excluding hydrogens is 200 g/mol. The molecule has 0 unspecified atom stereocenters. The van der Waals surface area contributed by atoms with Crippen LogP contribution in [0.25, 0.3) is 0 Å². The quantitative estimate of drug-likeness (QED) is 0.721. The van der Waals surface area contributed by atoms with Crippen LogP contribution in [0.5, 0.6) is 0 Å². The van der Waals surface area contributed by atoms with Gasteiger partial charge in [-0.05, 0) is 37.0 Å². The lowest BCUT2D eigenvalue weighted by Gasteiger charge is -2.40. The molecule has 2 aliphatic carbocycles. The minimum absolute atomic E-state index is 0.152. The number of nitrogens with one attached hydrogen (secondary N) is 2. The summed E-state index contributed by atoms with van der Waals surface area (Å²) in [5.74, 6) is 0.962. The Hall–Kier alpha value is -0.570. The minimum atomic E-state index is 0.152. The highest BCUT2D eigenvalue weighted by atomic mass is 16.1. The van der Waals surface area contributed by atoms with Gasteiger partial charge in [0.05, 0.1) is 6.54 Å². The molecule has 0 spiro atoms. The summed E-state index contributed by atoms with van der Waals surface area (Å²) in [6.45, 7) is 5.85. The lowest BCUT2D eigenvalue weighted by atomic mass is 9.67. The minimum Gasteiger partial charge on any atom is -0.354 e. The van der Waals surface area contributed by atoms with Crippen molar-refractivity contribution in [1.82, 2.24) is 10.6 Å². The second-order valence-electron chi connectivity index (χ2n) is 6.05. The Bertz CT molecular complexity index is 255. The molecule has 0 saturated heterocycles. The Kier molecular flexibility index (Phi) is 3.53. The summed E-state index contributed by atoms with van der Waals surface area (Å²) in [4.78, 5) is 11.6. The summed E-state index contributed by atoms with van der Waals surface area (Å²) in [6, 6.07) is 0.616. The second kappa shape index (κ2) is 4.74. The Labute approximate surface area is 98.4 Å². The molecule has 0 radical (unpaired) electrons. The van der Waals surface area contributed by atoms with Crippen LogP contribution in [0.4, 0.5) is 0 Å². The van der Waals surface area contributed by atoms with Crippen LogP contribution in [0.1, 0.15) is 46.0 Å². The van der Waals surface area contributed by atoms with Crippen LogP contribution in [-0.4, -0.2) is 25.0 Å². The van der Waals surface area contributed by atoms with Crippen molar-refractivity contribution in [2.45, 2.75) is 52.0 Å². The van der Waals surface area contributed by atoms with Gasteiger partial charge < -0.3 is 10.6 Å². The zero-order chi connectivity index (χ0) is 11.6. The third-order valence-electron chi connectivity index (χ3n) is 4.08. The maximum atomic E-state index is 11.6. The fourth-order valence-corrected chi connectivity index (χ4v) is 2.25. The maximum absolute atomic E-state index is 11.6. The van der Waals surface area contributed by atoms with Crippen LogP contribution in [0.15, 0.2) is 0 Å². The maximum Gasteiger partial charge on any atom is 0.233 e. The van der Waals surface area contributed by atoms with E-state index in [2.05, 4.69) is 24.5 Å². The topological polar surface area (TPSA) is 41.1 Å². The molecule has 2 N–H and O–H groups in total. The number of amides is 1. The van der Waals surface area contributed by atoms with Crippen LogP contribution in [-0.2, 0) is 4.79 Å². The average Bonchev–Trinajstić information content (AvgIpc) is 2.91. The molecule has 2 saturated carbocycles. The van der Waals surface area contributed by atoms with Crippen LogP contribution >= 0.6 is 0 Å². The number of hydrogen-bond acceptors (Lipinski definition) is 2. The fraction of sp³-hybridized carbons (Fsp3) is 0.923. The highest BCUT2D eigenvalue weighted by Crippen LogP contribution is 2.41. The largest absolute Gasteiger partial charge is 0.354 e. The lowest BCUT2D eigenvalue weighted by Crippen LogP contribution is -2.43. The van der Waals surface area contributed by atoms with Gasteiger partial charge in [0.2, 0.25) is 5.91 Å². The molecular formula is C13H24N2O. The Morgan fingerprint density at radius 1 is 1.25 bits per heavy atom. The molecule has 2 fully saturated rings. The summed E-state index contributed by atoms with van der Waals surface area (Å²) < 4.78 is 0. The van der Waals surface area contributed by atoms with E-state index in [4.69, 9.17) is 0 Å². The first-order valence-electron chi connectivity index (χ1n) is 6.58. The van der Waals surface area contributed by atoms with Gasteiger partial charge in [-0.1, -0.05) is 20.3 Å². The summed E-state index contributed by atoms with van der Waals surface area (Å²) in [5, 5.41) is 6.29. The van der Waals surface area contributed by atoms with Crippen molar-refractivity contribution in [3.05, 3.63) is 0 Å². The predicted molar refractivity (Wildman–Crippen MR) is 65.2 cm³/mol. The summed E-state index contributed by atoms with van der Waals surface area (Å²) in [6.07, 6.45) is 6.51. The molecule has 0 aromatic rings. The summed E-state index contributed by atoms with van der Waals surface area (Å²) in [7, 11) is 0. The first-order chi connectivity index (χ1) is 7.58. The summed E-state index contributed by atoms with van der Waals surface area (Å²) in [5.41, 5.74) is 0.271. The zero-order valence-corrected chi connectivity index (χ0v) is 10.5. The molecule has 1 amide bonds. The van der Waals surface area contributed by atoms with E-state index in [1.54, 1.807) is 0 Å². The van der Waals surface area contributed by atoms with Gasteiger partial charge >= 0.3 is 0 Å². The highest BCUT2D eigenvalue weighted by Gasteiger charge is 2.34. The van der Waals surface area contributed by atoms with E-state index in [1.165, 1.54) is 32.1 Å². The Morgan fingerprint density at radius 2 is 1.94 bits per heavy atom. The molecule has 3 heteroatoms. The van der Waals surface area contributed by atoms with Crippen LogP contribution in [0.3, 0.4) is 0 Å². The van der Waals surface area contributed by atoms with Crippen molar-refractivity contribution in [3.63, 3.8) is 0 Å². The van der Waals surface area contributed by atoms with E-state index < -0.39 is 0 Å². The molecule has 16 heavy (non-hydrogen) atoms. The zero-order valence-electron chi connectivity index (χ0n) is 10.5. The van der Waals surface area contributed by atoms with E-state index in [0.29, 0.717) is 12.6 Å². The molecule has 0 atom stereocenters. The fourth-order valence-electron chi connectivity index (χ4n) is 2.25. The van der Waals surface area contributed by atoms with Gasteiger partial charge in [-0.25, -0.2) is 0 Å². The SMILES string of the molecule is CC(C)(CNC(=O)CNC1CC1)C1CCC1. The van der Waals surface area contributed by atoms with Gasteiger partial charge in [-0.3, -0.25) is 4.79 Å². The van der Waals surface area contributed by atoms with Crippen molar-refractivity contribution in [3.8, 4) is 0 Å². The van der Waals surface area contributed by atoms with E-state index in [0.717, 1.165) is 12.5 Å². The standard InChI is InChI=1S/C13H24N2O/c1-13(2,10-4-3-5-10)9-15-12(16)8-14-11-6-7-11/h10-11,14H,3-9H2,1-2H3,(H,15,16). The molecule has 0 heterocycles. The van der Waals surface area contributed by atoms with Gasteiger partial charge in [0.25, 0.3) is 0 Å². The van der Waals surface area contributed by atoms with Gasteiger partial charge in [0.1, 0.15) is 0 Å². The predicted octanol–water partition coefficient (Wildman–Crippen LogP) is 1.68. The highest BCUT2D eigenvalue weighted by molar-refractivity contribution is 5.78. The normalized spacial score (nSPS) is 21.6. The number of carbonyl (C=O) groups is 1. The van der Waals surface area contributed by atoms with Crippen molar-refractivity contribution in [1.29, 1.82) is 0 Å². The Morgan fingerprint density at radius 3 is 2.44 bits per heavy atom. The third-order valence-corrected chi connectivity index (χ3v) is 4.08. The molecule has 2 rings (SSSR count). The number of rotatable bonds is 6. The summed E-state index contributed by atoms with van der Waals surface area (Å²) >= 11 is 0. The molecule has 0 aliphatic heterocycles. The van der Waals surface area contributed by atoms with Gasteiger partial charge in [-0.2, -0.15) is 0 Å². The lowest BCUT2D eigenvalue weighted by molar-refractivity contribution is -0.121. The van der Waals surface area contributed by atoms with E-state index in [-0.39, 0.29) is 11.3 Å². The molecule has 0 bridgehead atoms. The van der Waals surface area contributed by atoms with Crippen LogP contribution in [0.2, 0.25) is 0 Å². The molecule has 0 aromatic carbocycles. The van der Waals surface area contributed by atoms with Crippen molar-refractivity contribution in [2.24, 2.45) is 11.3 Å². The average molecular weight is 224 g/mol. The first-order valence-corrected chi connectivity index (χ1v) is 6.58. The van der Waals surface area contributed by atoms with Gasteiger partial charge in [0.15, 0.2) is 0 Å². The van der Waals surface area contributed by atoms with Crippen molar-refractivity contribution in [2.75, 3.05) is 13.1 Å². The monoisotopic (exact) mass is 224 g/mol. The second-order valence-corrected chi connectivity index (χ2v) is 6.05. The number of carbonyl (C=O) groups excluding carboxylic acids is 1. The van der Waals surface area contributed by atoms with E-state index in [9.17, 15) is 4.79 Å². The van der Waals surface area contributed by atoms with Crippen LogP contribution in [0, 0.1) is 11.3 Å². The molecule has 0 aromatic heterocycles. The first kappa shape index (κ1) is 11.9. The molecule has 2 aliphatic rings. The number of hydrogen-bond donors (Lipinski definition) is 2. The van der Waals surface area contributed by atoms with E-state index in [1.807, 2.05) is 0 Å². The van der Waals surface area contributed by atoms with Crippen molar-refractivity contribution < 1.29 is 4.79 Å². The Balaban J connectivity index is 1.62. The van der Waals surface area contributed by atoms with E-state index >= 15 is 0 Å². The molecule has 3 nitrogen and oxygen atoms in total. The van der Waals surface area contributed by atoms with Gasteiger partial charge in [0, 0.05) is 12.6 Å². The smallest absolute Gasteiger partial charge is 0.233 e.